The molecule has 4 nitrogen and oxygen atoms in total. The number of sulfonamides is 1. The van der Waals surface area contributed by atoms with Gasteiger partial charge >= 0.3 is 0 Å². The van der Waals surface area contributed by atoms with Crippen molar-refractivity contribution in [1.29, 1.82) is 0 Å². The Balaban J connectivity index is 2.48. The van der Waals surface area contributed by atoms with Crippen LogP contribution in [0.15, 0.2) is 12.7 Å². The zero-order chi connectivity index (χ0) is 11.3. The third-order valence-corrected chi connectivity index (χ3v) is 4.12. The van der Waals surface area contributed by atoms with Gasteiger partial charge in [0.1, 0.15) is 0 Å². The van der Waals surface area contributed by atoms with Crippen molar-refractivity contribution in [2.45, 2.75) is 38.3 Å². The van der Waals surface area contributed by atoms with Crippen LogP contribution in [-0.4, -0.2) is 32.8 Å². The molecule has 0 bridgehead atoms. The molecule has 1 heterocycles. The molecule has 88 valence electrons. The summed E-state index contributed by atoms with van der Waals surface area (Å²) in [5.41, 5.74) is 0. The third kappa shape index (κ3) is 4.32. The van der Waals surface area contributed by atoms with E-state index in [1.807, 2.05) is 6.92 Å². The van der Waals surface area contributed by atoms with Crippen molar-refractivity contribution in [1.82, 2.24) is 10.0 Å². The van der Waals surface area contributed by atoms with Crippen LogP contribution in [0.2, 0.25) is 0 Å². The van der Waals surface area contributed by atoms with E-state index >= 15 is 0 Å². The number of rotatable bonds is 5. The summed E-state index contributed by atoms with van der Waals surface area (Å²) in [5.74, 6) is 0.139. The lowest BCUT2D eigenvalue weighted by Crippen LogP contribution is -2.52. The van der Waals surface area contributed by atoms with E-state index in [0.717, 1.165) is 19.4 Å². The fourth-order valence-electron chi connectivity index (χ4n) is 1.73. The lowest BCUT2D eigenvalue weighted by Gasteiger charge is -2.30. The lowest BCUT2D eigenvalue weighted by molar-refractivity contribution is 0.349. The van der Waals surface area contributed by atoms with Gasteiger partial charge in [-0.1, -0.05) is 6.08 Å². The van der Waals surface area contributed by atoms with Crippen LogP contribution < -0.4 is 10.0 Å². The van der Waals surface area contributed by atoms with Crippen molar-refractivity contribution in [2.75, 3.05) is 12.3 Å². The summed E-state index contributed by atoms with van der Waals surface area (Å²) in [4.78, 5) is 0. The smallest absolute Gasteiger partial charge is 0.212 e. The minimum absolute atomic E-state index is 0.0357. The van der Waals surface area contributed by atoms with Crippen LogP contribution in [0.5, 0.6) is 0 Å². The lowest BCUT2D eigenvalue weighted by atomic mass is 10.0. The van der Waals surface area contributed by atoms with Gasteiger partial charge in [0.05, 0.1) is 5.75 Å². The van der Waals surface area contributed by atoms with Gasteiger partial charge in [0.15, 0.2) is 0 Å². The third-order valence-electron chi connectivity index (χ3n) is 2.68. The Kier molecular flexibility index (Phi) is 4.76. The monoisotopic (exact) mass is 232 g/mol. The first-order valence-electron chi connectivity index (χ1n) is 5.39. The predicted octanol–water partition coefficient (Wildman–Crippen LogP) is 0.622. The van der Waals surface area contributed by atoms with Crippen LogP contribution >= 0.6 is 0 Å². The van der Waals surface area contributed by atoms with Gasteiger partial charge in [0, 0.05) is 12.1 Å². The Hall–Kier alpha value is -0.390. The average molecular weight is 232 g/mol. The number of allylic oxidation sites excluding steroid dienone is 1. The van der Waals surface area contributed by atoms with Gasteiger partial charge in [-0.25, -0.2) is 13.1 Å². The highest BCUT2D eigenvalue weighted by Gasteiger charge is 2.24. The van der Waals surface area contributed by atoms with Gasteiger partial charge in [0.25, 0.3) is 0 Å². The SMILES string of the molecule is C=CCCS(=O)(=O)NC1CCCNC1C. The summed E-state index contributed by atoms with van der Waals surface area (Å²) >= 11 is 0. The molecule has 0 aromatic rings. The van der Waals surface area contributed by atoms with Crippen molar-refractivity contribution in [3.8, 4) is 0 Å². The Labute approximate surface area is 92.2 Å². The van der Waals surface area contributed by atoms with E-state index in [-0.39, 0.29) is 17.8 Å². The molecule has 0 aromatic carbocycles. The number of hydrogen-bond acceptors (Lipinski definition) is 3. The van der Waals surface area contributed by atoms with Gasteiger partial charge in [0.2, 0.25) is 10.0 Å². The molecule has 1 fully saturated rings. The van der Waals surface area contributed by atoms with Gasteiger partial charge in [-0.05, 0) is 32.7 Å². The van der Waals surface area contributed by atoms with Crippen molar-refractivity contribution in [3.05, 3.63) is 12.7 Å². The van der Waals surface area contributed by atoms with Gasteiger partial charge < -0.3 is 5.32 Å². The van der Waals surface area contributed by atoms with Crippen molar-refractivity contribution in [3.63, 3.8) is 0 Å². The van der Waals surface area contributed by atoms with E-state index < -0.39 is 10.0 Å². The Morgan fingerprint density at radius 3 is 2.93 bits per heavy atom. The maximum Gasteiger partial charge on any atom is 0.212 e. The molecule has 15 heavy (non-hydrogen) atoms. The normalized spacial score (nSPS) is 27.5. The van der Waals surface area contributed by atoms with Crippen LogP contribution in [0, 0.1) is 0 Å². The maximum atomic E-state index is 11.6. The molecular weight excluding hydrogens is 212 g/mol. The molecule has 2 atom stereocenters. The Morgan fingerprint density at radius 2 is 2.33 bits per heavy atom. The summed E-state index contributed by atoms with van der Waals surface area (Å²) in [6.07, 6.45) is 4.08. The highest BCUT2D eigenvalue weighted by Crippen LogP contribution is 2.09. The van der Waals surface area contributed by atoms with Gasteiger partial charge in [-0.2, -0.15) is 0 Å². The molecule has 1 rings (SSSR count). The van der Waals surface area contributed by atoms with E-state index in [1.165, 1.54) is 0 Å². The maximum absolute atomic E-state index is 11.6. The van der Waals surface area contributed by atoms with Crippen LogP contribution in [0.3, 0.4) is 0 Å². The second-order valence-electron chi connectivity index (χ2n) is 4.01. The van der Waals surface area contributed by atoms with E-state index in [4.69, 9.17) is 0 Å². The van der Waals surface area contributed by atoms with E-state index in [1.54, 1.807) is 6.08 Å². The van der Waals surface area contributed by atoms with Crippen molar-refractivity contribution < 1.29 is 8.42 Å². The number of nitrogens with one attached hydrogen (secondary N) is 2. The van der Waals surface area contributed by atoms with Crippen LogP contribution in [0.25, 0.3) is 0 Å². The summed E-state index contributed by atoms with van der Waals surface area (Å²) in [6.45, 7) is 6.51. The second kappa shape index (κ2) is 5.63. The van der Waals surface area contributed by atoms with E-state index in [0.29, 0.717) is 6.42 Å². The first-order chi connectivity index (χ1) is 7.05. The molecule has 0 aromatic heterocycles. The minimum atomic E-state index is -3.14. The van der Waals surface area contributed by atoms with Gasteiger partial charge in [-0.15, -0.1) is 6.58 Å². The fourth-order valence-corrected chi connectivity index (χ4v) is 3.11. The van der Waals surface area contributed by atoms with Crippen LogP contribution in [0.1, 0.15) is 26.2 Å². The molecule has 1 saturated heterocycles. The molecule has 0 radical (unpaired) electrons. The zero-order valence-corrected chi connectivity index (χ0v) is 10.0. The van der Waals surface area contributed by atoms with Crippen LogP contribution in [-0.2, 0) is 10.0 Å². The van der Waals surface area contributed by atoms with Crippen LogP contribution in [0.4, 0.5) is 0 Å². The molecule has 1 aliphatic heterocycles. The summed E-state index contributed by atoms with van der Waals surface area (Å²) < 4.78 is 26.0. The zero-order valence-electron chi connectivity index (χ0n) is 9.20. The Bertz CT molecular complexity index is 301. The highest BCUT2D eigenvalue weighted by atomic mass is 32.2. The first kappa shape index (κ1) is 12.7. The molecule has 1 aliphatic rings. The largest absolute Gasteiger partial charge is 0.313 e. The van der Waals surface area contributed by atoms with Gasteiger partial charge in [-0.3, -0.25) is 0 Å². The highest BCUT2D eigenvalue weighted by molar-refractivity contribution is 7.89. The molecule has 2 N–H and O–H groups in total. The summed E-state index contributed by atoms with van der Waals surface area (Å²) in [6, 6.07) is 0.255. The fraction of sp³-hybridized carbons (Fsp3) is 0.800. The molecule has 2 unspecified atom stereocenters. The predicted molar refractivity (Wildman–Crippen MR) is 62.2 cm³/mol. The standard InChI is InChI=1S/C10H20N2O2S/c1-3-4-8-15(13,14)12-10-6-5-7-11-9(10)2/h3,9-12H,1,4-8H2,2H3. The minimum Gasteiger partial charge on any atom is -0.313 e. The van der Waals surface area contributed by atoms with E-state index in [9.17, 15) is 8.42 Å². The summed E-state index contributed by atoms with van der Waals surface area (Å²) in [5, 5.41) is 3.26. The van der Waals surface area contributed by atoms with Crippen molar-refractivity contribution in [2.24, 2.45) is 0 Å². The first-order valence-corrected chi connectivity index (χ1v) is 7.04. The van der Waals surface area contributed by atoms with E-state index in [2.05, 4.69) is 16.6 Å². The molecule has 0 spiro atoms. The molecular formula is C10H20N2O2S. The topological polar surface area (TPSA) is 58.2 Å². The Morgan fingerprint density at radius 1 is 1.60 bits per heavy atom. The molecule has 0 saturated carbocycles. The number of hydrogen-bond donors (Lipinski definition) is 2. The number of piperidine rings is 1. The summed E-state index contributed by atoms with van der Waals surface area (Å²) in [7, 11) is -3.14. The molecule has 0 amide bonds. The second-order valence-corrected chi connectivity index (χ2v) is 5.88. The molecule has 5 heteroatoms. The average Bonchev–Trinajstić information content (AvgIpc) is 2.18. The molecule has 0 aliphatic carbocycles. The quantitative estimate of drug-likeness (QED) is 0.683. The van der Waals surface area contributed by atoms with Crippen molar-refractivity contribution >= 4 is 10.0 Å².